The Morgan fingerprint density at radius 2 is 1.40 bits per heavy atom. The predicted molar refractivity (Wildman–Crippen MR) is 107 cm³/mol. The van der Waals surface area contributed by atoms with E-state index in [0.717, 1.165) is 12.1 Å². The molecule has 0 bridgehead atoms. The number of aliphatic hydroxyl groups is 7. The second kappa shape index (κ2) is 11.0. The number of rotatable bonds is 8. The zero-order chi connectivity index (χ0) is 26.0. The summed E-state index contributed by atoms with van der Waals surface area (Å²) in [5, 5.41) is 92.1. The van der Waals surface area contributed by atoms with Crippen molar-refractivity contribution in [3.63, 3.8) is 0 Å². The Kier molecular flexibility index (Phi) is 8.49. The molecule has 0 radical (unpaired) electrons. The Morgan fingerprint density at radius 1 is 0.800 bits per heavy atom. The van der Waals surface area contributed by atoms with Crippen molar-refractivity contribution in [3.8, 4) is 5.75 Å². The molecule has 17 heteroatoms. The van der Waals surface area contributed by atoms with Crippen LogP contribution >= 0.6 is 0 Å². The van der Waals surface area contributed by atoms with E-state index < -0.39 is 102 Å². The van der Waals surface area contributed by atoms with Crippen LogP contribution in [-0.2, 0) is 14.2 Å². The van der Waals surface area contributed by atoms with E-state index in [2.05, 4.69) is 0 Å². The summed E-state index contributed by atoms with van der Waals surface area (Å²) in [6.45, 7) is -1.61. The van der Waals surface area contributed by atoms with Crippen molar-refractivity contribution in [2.75, 3.05) is 13.2 Å². The zero-order valence-corrected chi connectivity index (χ0v) is 17.7. The van der Waals surface area contributed by atoms with Crippen LogP contribution in [0.5, 0.6) is 5.75 Å². The summed E-state index contributed by atoms with van der Waals surface area (Å²) in [7, 11) is 0. The maximum atomic E-state index is 11.3. The molecule has 1 aromatic rings. The van der Waals surface area contributed by atoms with Crippen LogP contribution in [-0.4, -0.2) is 120 Å². The number of ether oxygens (including phenoxy) is 4. The fourth-order valence-corrected chi connectivity index (χ4v) is 3.64. The molecule has 0 spiro atoms. The lowest BCUT2D eigenvalue weighted by Gasteiger charge is -2.45. The van der Waals surface area contributed by atoms with Crippen LogP contribution in [0.4, 0.5) is 11.4 Å². The van der Waals surface area contributed by atoms with Crippen molar-refractivity contribution >= 4 is 11.4 Å². The van der Waals surface area contributed by atoms with Gasteiger partial charge >= 0.3 is 5.69 Å². The minimum Gasteiger partial charge on any atom is -0.455 e. The molecule has 2 heterocycles. The molecular weight excluding hydrogens is 484 g/mol. The number of nitro benzene ring substituents is 2. The molecule has 17 nitrogen and oxygen atoms in total. The van der Waals surface area contributed by atoms with Gasteiger partial charge in [0, 0.05) is 6.07 Å². The maximum Gasteiger partial charge on any atom is 0.317 e. The minimum atomic E-state index is -1.96. The number of nitrogens with zero attached hydrogens (tertiary/aromatic N) is 2. The molecule has 2 aliphatic rings. The molecule has 2 aliphatic heterocycles. The summed E-state index contributed by atoms with van der Waals surface area (Å²) < 4.78 is 21.2. The Labute approximate surface area is 195 Å². The summed E-state index contributed by atoms with van der Waals surface area (Å²) in [5.41, 5.74) is -1.43. The van der Waals surface area contributed by atoms with Crippen LogP contribution in [0.25, 0.3) is 0 Å². The Morgan fingerprint density at radius 3 is 1.97 bits per heavy atom. The van der Waals surface area contributed by atoms with Gasteiger partial charge in [-0.05, 0) is 6.07 Å². The van der Waals surface area contributed by atoms with Crippen LogP contribution in [0.2, 0.25) is 0 Å². The number of nitro groups is 2. The van der Waals surface area contributed by atoms with Crippen LogP contribution in [0.15, 0.2) is 18.2 Å². The Balaban J connectivity index is 1.78. The molecule has 0 saturated carbocycles. The number of aliphatic hydroxyl groups excluding tert-OH is 7. The molecule has 0 amide bonds. The Hall–Kier alpha value is -2.58. The molecule has 2 fully saturated rings. The maximum absolute atomic E-state index is 11.3. The van der Waals surface area contributed by atoms with Crippen molar-refractivity contribution in [2.24, 2.45) is 0 Å². The van der Waals surface area contributed by atoms with Gasteiger partial charge in [0.15, 0.2) is 6.29 Å². The minimum absolute atomic E-state index is 0.540. The second-order valence-electron chi connectivity index (χ2n) is 7.79. The van der Waals surface area contributed by atoms with Crippen molar-refractivity contribution in [1.29, 1.82) is 0 Å². The van der Waals surface area contributed by atoms with Gasteiger partial charge in [0.1, 0.15) is 48.8 Å². The normalized spacial score (nSPS) is 37.6. The third-order valence-corrected chi connectivity index (χ3v) is 5.55. The highest BCUT2D eigenvalue weighted by atomic mass is 16.7. The first-order valence-electron chi connectivity index (χ1n) is 10.2. The van der Waals surface area contributed by atoms with Gasteiger partial charge < -0.3 is 54.7 Å². The van der Waals surface area contributed by atoms with Gasteiger partial charge in [-0.3, -0.25) is 20.2 Å². The predicted octanol–water partition coefficient (Wildman–Crippen LogP) is -3.49. The van der Waals surface area contributed by atoms with Gasteiger partial charge in [0.2, 0.25) is 12.0 Å². The lowest BCUT2D eigenvalue weighted by molar-refractivity contribution is -0.395. The summed E-state index contributed by atoms with van der Waals surface area (Å²) in [5.74, 6) is -0.540. The van der Waals surface area contributed by atoms with E-state index in [1.54, 1.807) is 0 Å². The first-order chi connectivity index (χ1) is 16.5. The van der Waals surface area contributed by atoms with Crippen molar-refractivity contribution in [3.05, 3.63) is 38.4 Å². The number of hydrogen-bond donors (Lipinski definition) is 7. The van der Waals surface area contributed by atoms with E-state index in [-0.39, 0.29) is 0 Å². The molecule has 1 aromatic carbocycles. The van der Waals surface area contributed by atoms with Crippen LogP contribution < -0.4 is 4.74 Å². The molecular formula is C18H24N2O15. The van der Waals surface area contributed by atoms with Crippen molar-refractivity contribution in [2.45, 2.75) is 61.4 Å². The van der Waals surface area contributed by atoms with Gasteiger partial charge in [0.05, 0.1) is 29.1 Å². The third kappa shape index (κ3) is 5.48. The molecule has 2 saturated heterocycles. The van der Waals surface area contributed by atoms with E-state index in [1.165, 1.54) is 0 Å². The second-order valence-corrected chi connectivity index (χ2v) is 7.79. The van der Waals surface area contributed by atoms with E-state index in [9.17, 15) is 56.0 Å². The average Bonchev–Trinajstić information content (AvgIpc) is 2.83. The molecule has 3 rings (SSSR count). The molecule has 196 valence electrons. The van der Waals surface area contributed by atoms with Gasteiger partial charge in [-0.25, -0.2) is 0 Å². The van der Waals surface area contributed by atoms with E-state index >= 15 is 0 Å². The molecule has 0 aliphatic carbocycles. The number of hydrogen-bond acceptors (Lipinski definition) is 15. The van der Waals surface area contributed by atoms with Crippen LogP contribution in [0, 0.1) is 20.2 Å². The highest BCUT2D eigenvalue weighted by molar-refractivity contribution is 5.53. The topological polar surface area (TPSA) is 265 Å². The van der Waals surface area contributed by atoms with Gasteiger partial charge in [-0.2, -0.15) is 0 Å². The van der Waals surface area contributed by atoms with E-state index in [4.69, 9.17) is 18.9 Å². The quantitative estimate of drug-likeness (QED) is 0.133. The van der Waals surface area contributed by atoms with Crippen LogP contribution in [0.1, 0.15) is 0 Å². The average molecular weight is 508 g/mol. The molecule has 7 N–H and O–H groups in total. The lowest BCUT2D eigenvalue weighted by atomic mass is 9.97. The highest BCUT2D eigenvalue weighted by Gasteiger charge is 2.51. The van der Waals surface area contributed by atoms with E-state index in [0.29, 0.717) is 6.07 Å². The summed E-state index contributed by atoms with van der Waals surface area (Å²) in [4.78, 5) is 20.4. The molecule has 0 aromatic heterocycles. The fraction of sp³-hybridized carbons (Fsp3) is 0.667. The van der Waals surface area contributed by atoms with Crippen molar-refractivity contribution in [1.82, 2.24) is 0 Å². The standard InChI is InChI=1S/C18H24N2O15/c21-4-9-11(23)12(24)14(26)18(33-9)35-16-10(5-22)34-17(15(27)13(16)25)32-8-2-1-6(19(28)29)3-7(8)20(30)31/h1-3,9-18,21-27H,4-5H2/t9-,10-,11-,12+,13-,14+,15+,16-,17+,18+/m1/s1. The summed E-state index contributed by atoms with van der Waals surface area (Å²) in [6, 6.07) is 2.42. The highest BCUT2D eigenvalue weighted by Crippen LogP contribution is 2.35. The SMILES string of the molecule is O=[N+]([O-])c1ccc(O[C@H]2O[C@H](CO)[C@@H](O[C@@H]3O[C@H](CO)[C@@H](O)[C@H](O)[C@@H]3O)[C@H](O)[C@@H]2O)c([N+](=O)[O-])c1. The summed E-state index contributed by atoms with van der Waals surface area (Å²) >= 11 is 0. The largest absolute Gasteiger partial charge is 0.455 e. The zero-order valence-electron chi connectivity index (χ0n) is 17.7. The molecule has 0 unspecified atom stereocenters. The van der Waals surface area contributed by atoms with Gasteiger partial charge in [-0.1, -0.05) is 0 Å². The fourth-order valence-electron chi connectivity index (χ4n) is 3.64. The van der Waals surface area contributed by atoms with Crippen LogP contribution in [0.3, 0.4) is 0 Å². The Bertz CT molecular complexity index is 914. The lowest BCUT2D eigenvalue weighted by Crippen LogP contribution is -2.65. The monoisotopic (exact) mass is 508 g/mol. The first kappa shape index (κ1) is 27.0. The number of benzene rings is 1. The smallest absolute Gasteiger partial charge is 0.317 e. The molecule has 10 atom stereocenters. The van der Waals surface area contributed by atoms with Crippen molar-refractivity contribution < 1.29 is 64.5 Å². The van der Waals surface area contributed by atoms with E-state index in [1.807, 2.05) is 0 Å². The summed E-state index contributed by atoms with van der Waals surface area (Å²) in [6.07, 6.45) is -17.2. The first-order valence-corrected chi connectivity index (χ1v) is 10.2. The molecule has 35 heavy (non-hydrogen) atoms. The van der Waals surface area contributed by atoms with Gasteiger partial charge in [-0.15, -0.1) is 0 Å². The third-order valence-electron chi connectivity index (χ3n) is 5.55. The number of non-ortho nitro benzene ring substituents is 1. The van der Waals surface area contributed by atoms with Gasteiger partial charge in [0.25, 0.3) is 5.69 Å².